The van der Waals surface area contributed by atoms with Gasteiger partial charge in [-0.15, -0.1) is 0 Å². The van der Waals surface area contributed by atoms with Crippen LogP contribution in [0.25, 0.3) is 16.9 Å². The fourth-order valence-electron chi connectivity index (χ4n) is 3.48. The number of hydrogen-bond acceptors (Lipinski definition) is 6. The van der Waals surface area contributed by atoms with Gasteiger partial charge in [0, 0.05) is 41.2 Å². The van der Waals surface area contributed by atoms with E-state index in [0.717, 1.165) is 0 Å². The lowest BCUT2D eigenvalue weighted by molar-refractivity contribution is 0.400. The highest BCUT2D eigenvalue weighted by atomic mass is 35.5. The lowest BCUT2D eigenvalue weighted by Gasteiger charge is -2.15. The fraction of sp³-hybridized carbons (Fsp3) is 0.0435. The Morgan fingerprint density at radius 1 is 1.06 bits per heavy atom. The Morgan fingerprint density at radius 2 is 1.89 bits per heavy atom. The first-order valence-electron chi connectivity index (χ1n) is 10.1. The van der Waals surface area contributed by atoms with Crippen molar-refractivity contribution in [1.82, 2.24) is 14.5 Å². The summed E-state index contributed by atoms with van der Waals surface area (Å²) in [5.41, 5.74) is 1.79. The van der Waals surface area contributed by atoms with Gasteiger partial charge in [0.25, 0.3) is 10.0 Å². The van der Waals surface area contributed by atoms with Gasteiger partial charge in [0.05, 0.1) is 5.69 Å². The summed E-state index contributed by atoms with van der Waals surface area (Å²) in [6.07, 6.45) is 3.35. The molecular weight excluding hydrogens is 502 g/mol. The minimum atomic E-state index is -4.49. The van der Waals surface area contributed by atoms with Gasteiger partial charge in [0.15, 0.2) is 17.4 Å². The maximum atomic E-state index is 14.9. The molecule has 0 aliphatic heterocycles. The molecule has 0 saturated heterocycles. The standard InChI is InChI=1S/C23H15ClF2N4O4S/c1-13-9-22(28-34-13)29-35(31,32)21-12-16(25)20(11-17(21)26)33-19-6-5-14(24)10-15(19)18-3-2-4-23-27-7-8-30(18)23/h2-12H,1H3,(H,28,29). The second-order valence-electron chi connectivity index (χ2n) is 7.45. The summed E-state index contributed by atoms with van der Waals surface area (Å²) in [6, 6.07) is 12.5. The maximum Gasteiger partial charge on any atom is 0.266 e. The SMILES string of the molecule is Cc1cc(NS(=O)(=O)c2cc(F)c(Oc3ccc(Cl)cc3-c3cccc4nccn34)cc2F)no1. The molecule has 0 fully saturated rings. The highest BCUT2D eigenvalue weighted by Gasteiger charge is 2.24. The normalized spacial score (nSPS) is 11.7. The van der Waals surface area contributed by atoms with Crippen LogP contribution in [0, 0.1) is 18.6 Å². The largest absolute Gasteiger partial charge is 0.453 e. The molecule has 0 radical (unpaired) electrons. The van der Waals surface area contributed by atoms with Crippen molar-refractivity contribution >= 4 is 33.1 Å². The first-order chi connectivity index (χ1) is 16.7. The van der Waals surface area contributed by atoms with Gasteiger partial charge in [-0.25, -0.2) is 22.2 Å². The summed E-state index contributed by atoms with van der Waals surface area (Å²) in [6.45, 7) is 1.55. The van der Waals surface area contributed by atoms with Crippen molar-refractivity contribution in [2.75, 3.05) is 4.72 Å². The number of halogens is 3. The second-order valence-corrected chi connectivity index (χ2v) is 9.54. The Hall–Kier alpha value is -3.96. The van der Waals surface area contributed by atoms with E-state index in [4.69, 9.17) is 20.9 Å². The van der Waals surface area contributed by atoms with Crippen molar-refractivity contribution in [2.24, 2.45) is 0 Å². The molecule has 0 aliphatic rings. The maximum absolute atomic E-state index is 14.9. The molecule has 5 aromatic rings. The number of rotatable bonds is 6. The molecule has 8 nitrogen and oxygen atoms in total. The molecule has 0 unspecified atom stereocenters. The number of sulfonamides is 1. The van der Waals surface area contributed by atoms with Gasteiger partial charge in [-0.05, 0) is 37.3 Å². The van der Waals surface area contributed by atoms with Crippen molar-refractivity contribution in [3.8, 4) is 22.8 Å². The number of imidazole rings is 1. The predicted octanol–water partition coefficient (Wildman–Crippen LogP) is 5.82. The molecule has 0 aliphatic carbocycles. The molecule has 0 bridgehead atoms. The summed E-state index contributed by atoms with van der Waals surface area (Å²) < 4.78 is 69.2. The van der Waals surface area contributed by atoms with E-state index < -0.39 is 32.3 Å². The number of ether oxygens (including phenoxy) is 1. The molecule has 1 N–H and O–H groups in total. The molecule has 12 heteroatoms. The number of aromatic nitrogens is 3. The number of hydrogen-bond donors (Lipinski definition) is 1. The third-order valence-corrected chi connectivity index (χ3v) is 6.61. The zero-order chi connectivity index (χ0) is 24.7. The van der Waals surface area contributed by atoms with Gasteiger partial charge in [0.2, 0.25) is 0 Å². The summed E-state index contributed by atoms with van der Waals surface area (Å²) in [7, 11) is -4.49. The van der Waals surface area contributed by atoms with Crippen molar-refractivity contribution < 1.29 is 26.5 Å². The molecule has 0 spiro atoms. The number of anilines is 1. The van der Waals surface area contributed by atoms with Crippen LogP contribution in [0.2, 0.25) is 5.02 Å². The molecule has 178 valence electrons. The average molecular weight is 517 g/mol. The van der Waals surface area contributed by atoms with E-state index in [-0.39, 0.29) is 11.6 Å². The number of nitrogens with zero attached hydrogens (tertiary/aromatic N) is 3. The smallest absolute Gasteiger partial charge is 0.266 e. The lowest BCUT2D eigenvalue weighted by atomic mass is 10.1. The van der Waals surface area contributed by atoms with Crippen molar-refractivity contribution in [3.05, 3.63) is 89.4 Å². The van der Waals surface area contributed by atoms with Crippen LogP contribution >= 0.6 is 11.6 Å². The lowest BCUT2D eigenvalue weighted by Crippen LogP contribution is -2.15. The van der Waals surface area contributed by atoms with Gasteiger partial charge in [-0.3, -0.25) is 9.12 Å². The van der Waals surface area contributed by atoms with Crippen LogP contribution < -0.4 is 9.46 Å². The molecule has 2 aromatic carbocycles. The van der Waals surface area contributed by atoms with Crippen molar-refractivity contribution in [1.29, 1.82) is 0 Å². The zero-order valence-electron chi connectivity index (χ0n) is 17.9. The van der Waals surface area contributed by atoms with Crippen LogP contribution in [0.4, 0.5) is 14.6 Å². The van der Waals surface area contributed by atoms with Gasteiger partial charge in [-0.1, -0.05) is 22.8 Å². The van der Waals surface area contributed by atoms with Crippen molar-refractivity contribution in [3.63, 3.8) is 0 Å². The first-order valence-corrected chi connectivity index (χ1v) is 11.9. The third kappa shape index (κ3) is 4.43. The Bertz CT molecular complexity index is 1680. The number of aryl methyl sites for hydroxylation is 1. The van der Waals surface area contributed by atoms with E-state index in [1.54, 1.807) is 48.0 Å². The van der Waals surface area contributed by atoms with Gasteiger partial charge >= 0.3 is 0 Å². The van der Waals surface area contributed by atoms with Gasteiger partial charge in [0.1, 0.15) is 27.9 Å². The third-order valence-electron chi connectivity index (χ3n) is 5.01. The van der Waals surface area contributed by atoms with Crippen LogP contribution in [0.15, 0.2) is 76.4 Å². The Kier molecular flexibility index (Phi) is 5.65. The summed E-state index contributed by atoms with van der Waals surface area (Å²) >= 11 is 6.19. The van der Waals surface area contributed by atoms with Crippen molar-refractivity contribution in [2.45, 2.75) is 11.8 Å². The molecule has 0 saturated carbocycles. The van der Waals surface area contributed by atoms with Gasteiger partial charge < -0.3 is 9.26 Å². The number of benzene rings is 2. The Balaban J connectivity index is 1.52. The molecule has 5 rings (SSSR count). The van der Waals surface area contributed by atoms with E-state index in [9.17, 15) is 17.2 Å². The number of fused-ring (bicyclic) bond motifs is 1. The molecule has 3 heterocycles. The minimum Gasteiger partial charge on any atom is -0.453 e. The fourth-order valence-corrected chi connectivity index (χ4v) is 4.71. The zero-order valence-corrected chi connectivity index (χ0v) is 19.4. The first kappa shape index (κ1) is 22.8. The minimum absolute atomic E-state index is 0.165. The van der Waals surface area contributed by atoms with E-state index in [0.29, 0.717) is 39.8 Å². The highest BCUT2D eigenvalue weighted by molar-refractivity contribution is 7.92. The highest BCUT2D eigenvalue weighted by Crippen LogP contribution is 2.37. The summed E-state index contributed by atoms with van der Waals surface area (Å²) in [5, 5.41) is 3.89. The Morgan fingerprint density at radius 3 is 2.66 bits per heavy atom. The summed E-state index contributed by atoms with van der Waals surface area (Å²) in [5.74, 6) is -2.49. The average Bonchev–Trinajstić information content (AvgIpc) is 3.45. The summed E-state index contributed by atoms with van der Waals surface area (Å²) in [4.78, 5) is 3.32. The molecule has 3 aromatic heterocycles. The van der Waals surface area contributed by atoms with E-state index >= 15 is 0 Å². The number of pyridine rings is 1. The Labute approximate surface area is 202 Å². The van der Waals surface area contributed by atoms with Crippen LogP contribution in [-0.2, 0) is 10.0 Å². The van der Waals surface area contributed by atoms with Gasteiger partial charge in [-0.2, -0.15) is 0 Å². The van der Waals surface area contributed by atoms with Crippen LogP contribution in [-0.4, -0.2) is 23.0 Å². The second kappa shape index (κ2) is 8.67. The van der Waals surface area contributed by atoms with Crippen LogP contribution in [0.1, 0.15) is 5.76 Å². The number of nitrogens with one attached hydrogen (secondary N) is 1. The molecular formula is C23H15ClF2N4O4S. The molecule has 35 heavy (non-hydrogen) atoms. The van der Waals surface area contributed by atoms with Crippen LogP contribution in [0.3, 0.4) is 0 Å². The molecule has 0 atom stereocenters. The molecule has 0 amide bonds. The van der Waals surface area contributed by atoms with E-state index in [1.165, 1.54) is 18.2 Å². The monoisotopic (exact) mass is 516 g/mol. The quantitative estimate of drug-likeness (QED) is 0.305. The predicted molar refractivity (Wildman–Crippen MR) is 124 cm³/mol. The van der Waals surface area contributed by atoms with E-state index in [2.05, 4.69) is 10.1 Å². The topological polar surface area (TPSA) is 98.7 Å². The van der Waals surface area contributed by atoms with Crippen LogP contribution in [0.5, 0.6) is 11.5 Å². The van der Waals surface area contributed by atoms with E-state index in [1.807, 2.05) is 4.72 Å².